The van der Waals surface area contributed by atoms with Crippen LogP contribution in [-0.2, 0) is 0 Å². The second-order valence-electron chi connectivity index (χ2n) is 8.09. The van der Waals surface area contributed by atoms with Gasteiger partial charge in [0.15, 0.2) is 11.6 Å². The summed E-state index contributed by atoms with van der Waals surface area (Å²) in [7, 11) is 0. The summed E-state index contributed by atoms with van der Waals surface area (Å²) >= 11 is 0. The minimum atomic E-state index is -0.981. The van der Waals surface area contributed by atoms with E-state index in [9.17, 15) is 22.8 Å². The Morgan fingerprint density at radius 2 is 1.88 bits per heavy atom. The zero-order chi connectivity index (χ0) is 23.0. The third-order valence-corrected chi connectivity index (χ3v) is 6.15. The van der Waals surface area contributed by atoms with Crippen molar-refractivity contribution in [2.45, 2.75) is 39.2 Å². The van der Waals surface area contributed by atoms with Crippen LogP contribution < -0.4 is 16.3 Å². The Balaban J connectivity index is 1.82. The van der Waals surface area contributed by atoms with Crippen molar-refractivity contribution in [3.8, 4) is 0 Å². The normalized spacial score (nSPS) is 14.8. The number of carbonyl (C=O) groups excluding carboxylic acids is 1. The number of fused-ring (bicyclic) bond motifs is 1. The fourth-order valence-electron chi connectivity index (χ4n) is 4.32. The predicted molar refractivity (Wildman–Crippen MR) is 117 cm³/mol. The van der Waals surface area contributed by atoms with Crippen LogP contribution in [0.3, 0.4) is 0 Å². The Morgan fingerprint density at radius 3 is 2.50 bits per heavy atom. The zero-order valence-corrected chi connectivity index (χ0v) is 17.8. The average molecular weight is 443 g/mol. The van der Waals surface area contributed by atoms with E-state index in [-0.39, 0.29) is 22.3 Å². The molecule has 1 aliphatic rings. The molecule has 0 saturated heterocycles. The van der Waals surface area contributed by atoms with Crippen LogP contribution in [0.15, 0.2) is 41.2 Å². The first-order valence-electron chi connectivity index (χ1n) is 10.7. The van der Waals surface area contributed by atoms with E-state index in [4.69, 9.17) is 0 Å². The molecular formula is C24H24F3N3O2. The molecule has 0 aliphatic heterocycles. The summed E-state index contributed by atoms with van der Waals surface area (Å²) in [6.07, 6.45) is 2.67. The molecule has 0 bridgehead atoms. The first-order valence-corrected chi connectivity index (χ1v) is 10.7. The molecule has 0 spiro atoms. The molecule has 1 fully saturated rings. The average Bonchev–Trinajstić information content (AvgIpc) is 2.71. The molecule has 1 atom stereocenters. The SMILES string of the molecule is CCNn1c(C)c(C(=O)N[C@H](c2ccc(F)c(F)c2)C2CCC2)c2cccc(F)c2c1=O. The molecule has 1 aromatic heterocycles. The van der Waals surface area contributed by atoms with Gasteiger partial charge in [0.2, 0.25) is 0 Å². The number of halogens is 3. The van der Waals surface area contributed by atoms with Crippen molar-refractivity contribution in [3.63, 3.8) is 0 Å². The lowest BCUT2D eigenvalue weighted by Crippen LogP contribution is -2.39. The smallest absolute Gasteiger partial charge is 0.279 e. The van der Waals surface area contributed by atoms with Crippen LogP contribution in [-0.4, -0.2) is 17.1 Å². The Kier molecular flexibility index (Phi) is 5.95. The standard InChI is InChI=1S/C24H24F3N3O2/c1-3-28-30-13(2)20(16-8-5-9-18(26)21(16)24(30)32)23(31)29-22(14-6-4-7-14)15-10-11-17(25)19(27)12-15/h5,8-12,14,22,28H,3-4,6-7H2,1-2H3,(H,29,31)/t22-/m0/s1. The van der Waals surface area contributed by atoms with Crippen LogP contribution >= 0.6 is 0 Å². The highest BCUT2D eigenvalue weighted by atomic mass is 19.2. The topological polar surface area (TPSA) is 63.1 Å². The van der Waals surface area contributed by atoms with Crippen LogP contribution in [0.25, 0.3) is 10.8 Å². The molecule has 1 amide bonds. The molecule has 3 aromatic rings. The highest BCUT2D eigenvalue weighted by Crippen LogP contribution is 2.38. The van der Waals surface area contributed by atoms with Gasteiger partial charge < -0.3 is 10.7 Å². The molecule has 1 heterocycles. The van der Waals surface area contributed by atoms with E-state index in [1.54, 1.807) is 13.8 Å². The van der Waals surface area contributed by atoms with E-state index < -0.39 is 35.0 Å². The van der Waals surface area contributed by atoms with Crippen LogP contribution in [0, 0.1) is 30.3 Å². The maximum absolute atomic E-state index is 14.6. The molecule has 168 valence electrons. The van der Waals surface area contributed by atoms with E-state index in [0.29, 0.717) is 17.8 Å². The molecule has 2 aromatic carbocycles. The number of rotatable bonds is 6. The van der Waals surface area contributed by atoms with E-state index >= 15 is 0 Å². The van der Waals surface area contributed by atoms with Gasteiger partial charge in [0.05, 0.1) is 22.7 Å². The minimum absolute atomic E-state index is 0.0757. The lowest BCUT2D eigenvalue weighted by Gasteiger charge is -2.35. The molecular weight excluding hydrogens is 419 g/mol. The molecule has 0 unspecified atom stereocenters. The van der Waals surface area contributed by atoms with Gasteiger partial charge in [-0.05, 0) is 56.4 Å². The molecule has 0 radical (unpaired) electrons. The Labute approximate surface area is 183 Å². The number of hydrogen-bond acceptors (Lipinski definition) is 3. The lowest BCUT2D eigenvalue weighted by atomic mass is 9.77. The van der Waals surface area contributed by atoms with E-state index in [1.165, 1.54) is 28.9 Å². The summed E-state index contributed by atoms with van der Waals surface area (Å²) in [6.45, 7) is 3.79. The van der Waals surface area contributed by atoms with Crippen LogP contribution in [0.1, 0.15) is 53.8 Å². The van der Waals surface area contributed by atoms with Gasteiger partial charge in [-0.2, -0.15) is 0 Å². The van der Waals surface area contributed by atoms with Crippen molar-refractivity contribution in [1.82, 2.24) is 9.99 Å². The van der Waals surface area contributed by atoms with Gasteiger partial charge in [0.25, 0.3) is 11.5 Å². The number of aromatic nitrogens is 1. The maximum atomic E-state index is 14.6. The molecule has 8 heteroatoms. The summed E-state index contributed by atoms with van der Waals surface area (Å²) in [5, 5.41) is 2.97. The summed E-state index contributed by atoms with van der Waals surface area (Å²) < 4.78 is 43.1. The van der Waals surface area contributed by atoms with Gasteiger partial charge in [-0.3, -0.25) is 9.59 Å². The van der Waals surface area contributed by atoms with Crippen LogP contribution in [0.5, 0.6) is 0 Å². The maximum Gasteiger partial charge on any atom is 0.279 e. The fraction of sp³-hybridized carbons (Fsp3) is 0.333. The third-order valence-electron chi connectivity index (χ3n) is 6.15. The molecule has 1 saturated carbocycles. The van der Waals surface area contributed by atoms with Crippen LogP contribution in [0.4, 0.5) is 13.2 Å². The predicted octanol–water partition coefficient (Wildman–Crippen LogP) is 4.56. The Hall–Kier alpha value is -3.29. The minimum Gasteiger partial charge on any atom is -0.345 e. The van der Waals surface area contributed by atoms with Gasteiger partial charge in [-0.1, -0.05) is 24.6 Å². The van der Waals surface area contributed by atoms with Gasteiger partial charge in [-0.25, -0.2) is 17.8 Å². The second kappa shape index (κ2) is 8.68. The van der Waals surface area contributed by atoms with Crippen molar-refractivity contribution in [1.29, 1.82) is 0 Å². The van der Waals surface area contributed by atoms with Crippen molar-refractivity contribution in [2.24, 2.45) is 5.92 Å². The Morgan fingerprint density at radius 1 is 1.12 bits per heavy atom. The number of hydrogen-bond donors (Lipinski definition) is 2. The molecule has 1 aliphatic carbocycles. The van der Waals surface area contributed by atoms with Crippen molar-refractivity contribution in [2.75, 3.05) is 12.0 Å². The number of benzene rings is 2. The van der Waals surface area contributed by atoms with Gasteiger partial charge in [0.1, 0.15) is 5.82 Å². The summed E-state index contributed by atoms with van der Waals surface area (Å²) in [6, 6.07) is 7.24. The highest BCUT2D eigenvalue weighted by molar-refractivity contribution is 6.08. The second-order valence-corrected chi connectivity index (χ2v) is 8.09. The van der Waals surface area contributed by atoms with Gasteiger partial charge in [-0.15, -0.1) is 0 Å². The molecule has 32 heavy (non-hydrogen) atoms. The number of carbonyl (C=O) groups is 1. The van der Waals surface area contributed by atoms with Crippen LogP contribution in [0.2, 0.25) is 0 Å². The highest BCUT2D eigenvalue weighted by Gasteiger charge is 2.32. The molecule has 2 N–H and O–H groups in total. The molecule has 4 rings (SSSR count). The quantitative estimate of drug-likeness (QED) is 0.587. The molecule has 5 nitrogen and oxygen atoms in total. The fourth-order valence-corrected chi connectivity index (χ4v) is 4.32. The zero-order valence-electron chi connectivity index (χ0n) is 17.8. The Bertz CT molecular complexity index is 1250. The van der Waals surface area contributed by atoms with Gasteiger partial charge >= 0.3 is 0 Å². The number of pyridine rings is 1. The van der Waals surface area contributed by atoms with E-state index in [0.717, 1.165) is 31.4 Å². The van der Waals surface area contributed by atoms with E-state index in [1.807, 2.05) is 0 Å². The largest absolute Gasteiger partial charge is 0.345 e. The summed E-state index contributed by atoms with van der Waals surface area (Å²) in [5.41, 5.74) is 3.26. The first kappa shape index (κ1) is 21.9. The number of nitrogens with zero attached hydrogens (tertiary/aromatic N) is 1. The lowest BCUT2D eigenvalue weighted by molar-refractivity contribution is 0.0900. The van der Waals surface area contributed by atoms with Crippen molar-refractivity contribution < 1.29 is 18.0 Å². The first-order chi connectivity index (χ1) is 15.3. The van der Waals surface area contributed by atoms with Crippen molar-refractivity contribution >= 4 is 16.7 Å². The number of nitrogens with one attached hydrogen (secondary N) is 2. The van der Waals surface area contributed by atoms with Gasteiger partial charge in [0, 0.05) is 11.9 Å². The monoisotopic (exact) mass is 443 g/mol. The number of amides is 1. The summed E-state index contributed by atoms with van der Waals surface area (Å²) in [5.74, 6) is -3.09. The summed E-state index contributed by atoms with van der Waals surface area (Å²) in [4.78, 5) is 26.4. The third kappa shape index (κ3) is 3.74. The van der Waals surface area contributed by atoms with E-state index in [2.05, 4.69) is 10.7 Å². The van der Waals surface area contributed by atoms with Crippen molar-refractivity contribution in [3.05, 3.63) is 81.0 Å².